The number of nitrogens with zero attached hydrogens (tertiary/aromatic N) is 1. The van der Waals surface area contributed by atoms with Gasteiger partial charge in [-0.1, -0.05) is 0 Å². The van der Waals surface area contributed by atoms with Gasteiger partial charge in [-0.25, -0.2) is 4.39 Å². The number of nitrogens with one attached hydrogen (secondary N) is 1. The first kappa shape index (κ1) is 9.93. The van der Waals surface area contributed by atoms with Crippen LogP contribution in [0.5, 0.6) is 0 Å². The minimum absolute atomic E-state index is 0.628. The van der Waals surface area contributed by atoms with E-state index in [1.165, 1.54) is 6.42 Å². The molecule has 1 rings (SSSR count). The van der Waals surface area contributed by atoms with Gasteiger partial charge in [0.15, 0.2) is 0 Å². The molecular weight excluding hydrogens is 155 g/mol. The van der Waals surface area contributed by atoms with E-state index in [0.29, 0.717) is 12.5 Å². The molecule has 0 bridgehead atoms. The minimum Gasteiger partial charge on any atom is -0.315 e. The predicted molar refractivity (Wildman–Crippen MR) is 49.1 cm³/mol. The average Bonchev–Trinajstić information content (AvgIpc) is 2.51. The average molecular weight is 174 g/mol. The molecule has 2 atom stereocenters. The van der Waals surface area contributed by atoms with Crippen LogP contribution in [0.15, 0.2) is 0 Å². The number of rotatable bonds is 4. The Morgan fingerprint density at radius 2 is 2.42 bits per heavy atom. The third-order valence-corrected chi connectivity index (χ3v) is 2.54. The predicted octanol–water partition coefficient (Wildman–Crippen LogP) is 1.03. The lowest BCUT2D eigenvalue weighted by atomic mass is 10.2. The van der Waals surface area contributed by atoms with E-state index in [2.05, 4.69) is 17.3 Å². The molecule has 2 unspecified atom stereocenters. The lowest BCUT2D eigenvalue weighted by Gasteiger charge is -2.23. The van der Waals surface area contributed by atoms with Crippen molar-refractivity contribution in [1.29, 1.82) is 0 Å². The Labute approximate surface area is 74.1 Å². The summed E-state index contributed by atoms with van der Waals surface area (Å²) in [7, 11) is 2.08. The normalized spacial score (nSPS) is 26.5. The molecule has 1 fully saturated rings. The van der Waals surface area contributed by atoms with Crippen LogP contribution in [-0.4, -0.2) is 43.8 Å². The third-order valence-electron chi connectivity index (χ3n) is 2.54. The maximum Gasteiger partial charge on any atom is 0.0985 e. The van der Waals surface area contributed by atoms with Gasteiger partial charge in [0.05, 0.1) is 6.17 Å². The summed E-state index contributed by atoms with van der Waals surface area (Å²) in [6.45, 7) is 4.68. The fourth-order valence-corrected chi connectivity index (χ4v) is 1.58. The SMILES string of the molecule is CC(F)CCN(C)C1CCNC1. The first-order valence-corrected chi connectivity index (χ1v) is 4.75. The second-order valence-electron chi connectivity index (χ2n) is 3.70. The van der Waals surface area contributed by atoms with Crippen LogP contribution in [0.3, 0.4) is 0 Å². The Kier molecular flexibility index (Phi) is 3.95. The van der Waals surface area contributed by atoms with Crippen molar-refractivity contribution in [3.8, 4) is 0 Å². The molecule has 0 spiro atoms. The number of likely N-dealkylation sites (N-methyl/N-ethyl adjacent to an activating group) is 1. The summed E-state index contributed by atoms with van der Waals surface area (Å²) >= 11 is 0. The molecule has 0 aromatic heterocycles. The second-order valence-corrected chi connectivity index (χ2v) is 3.70. The summed E-state index contributed by atoms with van der Waals surface area (Å²) in [5.74, 6) is 0. The number of hydrogen-bond donors (Lipinski definition) is 1. The standard InChI is InChI=1S/C9H19FN2/c1-8(10)4-6-12(2)9-3-5-11-7-9/h8-9,11H,3-7H2,1-2H3. The van der Waals surface area contributed by atoms with Gasteiger partial charge in [0.25, 0.3) is 0 Å². The molecule has 1 aliphatic rings. The molecule has 1 N–H and O–H groups in total. The molecule has 0 saturated carbocycles. The van der Waals surface area contributed by atoms with Gasteiger partial charge in [-0.2, -0.15) is 0 Å². The van der Waals surface area contributed by atoms with Crippen molar-refractivity contribution < 1.29 is 4.39 Å². The van der Waals surface area contributed by atoms with Crippen molar-refractivity contribution in [1.82, 2.24) is 10.2 Å². The molecule has 0 aromatic rings. The molecule has 0 aliphatic carbocycles. The summed E-state index contributed by atoms with van der Waals surface area (Å²) < 4.78 is 12.5. The summed E-state index contributed by atoms with van der Waals surface area (Å²) in [5, 5.41) is 3.31. The Balaban J connectivity index is 2.13. The van der Waals surface area contributed by atoms with E-state index >= 15 is 0 Å². The Morgan fingerprint density at radius 3 is 2.92 bits per heavy atom. The van der Waals surface area contributed by atoms with Crippen molar-refractivity contribution in [3.63, 3.8) is 0 Å². The number of alkyl halides is 1. The topological polar surface area (TPSA) is 15.3 Å². The van der Waals surface area contributed by atoms with Crippen LogP contribution in [0.2, 0.25) is 0 Å². The third kappa shape index (κ3) is 3.07. The zero-order valence-electron chi connectivity index (χ0n) is 8.02. The Morgan fingerprint density at radius 1 is 1.67 bits per heavy atom. The van der Waals surface area contributed by atoms with E-state index in [-0.39, 0.29) is 0 Å². The minimum atomic E-state index is -0.665. The van der Waals surface area contributed by atoms with E-state index in [9.17, 15) is 4.39 Å². The van der Waals surface area contributed by atoms with Crippen molar-refractivity contribution in [2.45, 2.75) is 32.0 Å². The highest BCUT2D eigenvalue weighted by Gasteiger charge is 2.18. The van der Waals surface area contributed by atoms with Gasteiger partial charge >= 0.3 is 0 Å². The van der Waals surface area contributed by atoms with Crippen LogP contribution in [-0.2, 0) is 0 Å². The highest BCUT2D eigenvalue weighted by molar-refractivity contribution is 4.78. The van der Waals surface area contributed by atoms with Gasteiger partial charge in [0.1, 0.15) is 0 Å². The van der Waals surface area contributed by atoms with Crippen LogP contribution in [0.4, 0.5) is 4.39 Å². The van der Waals surface area contributed by atoms with Crippen molar-refractivity contribution in [2.24, 2.45) is 0 Å². The summed E-state index contributed by atoms with van der Waals surface area (Å²) in [6.07, 6.45) is 1.20. The molecule has 3 heteroatoms. The van der Waals surface area contributed by atoms with Gasteiger partial charge in [0, 0.05) is 19.1 Å². The van der Waals surface area contributed by atoms with Crippen LogP contribution < -0.4 is 5.32 Å². The van der Waals surface area contributed by atoms with Gasteiger partial charge in [-0.05, 0) is 33.4 Å². The number of hydrogen-bond acceptors (Lipinski definition) is 2. The van der Waals surface area contributed by atoms with E-state index in [0.717, 1.165) is 19.6 Å². The summed E-state index contributed by atoms with van der Waals surface area (Å²) in [4.78, 5) is 2.26. The monoisotopic (exact) mass is 174 g/mol. The zero-order valence-corrected chi connectivity index (χ0v) is 8.02. The smallest absolute Gasteiger partial charge is 0.0985 e. The molecule has 1 aliphatic heterocycles. The highest BCUT2D eigenvalue weighted by atomic mass is 19.1. The zero-order chi connectivity index (χ0) is 8.97. The van der Waals surface area contributed by atoms with Crippen LogP contribution in [0, 0.1) is 0 Å². The fraction of sp³-hybridized carbons (Fsp3) is 1.00. The Bertz CT molecular complexity index is 122. The quantitative estimate of drug-likeness (QED) is 0.684. The molecule has 12 heavy (non-hydrogen) atoms. The maximum atomic E-state index is 12.5. The molecule has 2 nitrogen and oxygen atoms in total. The van der Waals surface area contributed by atoms with Crippen LogP contribution >= 0.6 is 0 Å². The van der Waals surface area contributed by atoms with Gasteiger partial charge < -0.3 is 10.2 Å². The van der Waals surface area contributed by atoms with Gasteiger partial charge in [0.2, 0.25) is 0 Å². The summed E-state index contributed by atoms with van der Waals surface area (Å²) in [5.41, 5.74) is 0. The highest BCUT2D eigenvalue weighted by Crippen LogP contribution is 2.07. The van der Waals surface area contributed by atoms with Crippen LogP contribution in [0.1, 0.15) is 19.8 Å². The molecule has 72 valence electrons. The molecule has 0 aromatic carbocycles. The number of halogens is 1. The molecule has 1 saturated heterocycles. The molecule has 0 radical (unpaired) electrons. The molecule has 1 heterocycles. The van der Waals surface area contributed by atoms with Gasteiger partial charge in [-0.3, -0.25) is 0 Å². The molecular formula is C9H19FN2. The van der Waals surface area contributed by atoms with E-state index in [1.807, 2.05) is 0 Å². The van der Waals surface area contributed by atoms with E-state index in [4.69, 9.17) is 0 Å². The lowest BCUT2D eigenvalue weighted by molar-refractivity contribution is 0.221. The van der Waals surface area contributed by atoms with Crippen molar-refractivity contribution in [2.75, 3.05) is 26.7 Å². The lowest BCUT2D eigenvalue weighted by Crippen LogP contribution is -2.34. The Hall–Kier alpha value is -0.150. The van der Waals surface area contributed by atoms with E-state index in [1.54, 1.807) is 6.92 Å². The van der Waals surface area contributed by atoms with Crippen molar-refractivity contribution >= 4 is 0 Å². The van der Waals surface area contributed by atoms with Gasteiger partial charge in [-0.15, -0.1) is 0 Å². The first-order chi connectivity index (χ1) is 5.70. The largest absolute Gasteiger partial charge is 0.315 e. The first-order valence-electron chi connectivity index (χ1n) is 4.75. The van der Waals surface area contributed by atoms with E-state index < -0.39 is 6.17 Å². The maximum absolute atomic E-state index is 12.5. The summed E-state index contributed by atoms with van der Waals surface area (Å²) in [6, 6.07) is 0.628. The fourth-order valence-electron chi connectivity index (χ4n) is 1.58. The van der Waals surface area contributed by atoms with Crippen molar-refractivity contribution in [3.05, 3.63) is 0 Å². The van der Waals surface area contributed by atoms with Crippen LogP contribution in [0.25, 0.3) is 0 Å². The second kappa shape index (κ2) is 4.77. The molecule has 0 amide bonds.